The number of fused-ring (bicyclic) bond motifs is 1. The number of pyridine rings is 1. The number of carbonyl (C=O) groups excluding carboxylic acids is 2. The lowest BCUT2D eigenvalue weighted by Crippen LogP contribution is -2.60. The van der Waals surface area contributed by atoms with E-state index in [9.17, 15) is 58.8 Å². The fraction of sp³-hybridized carbons (Fsp3) is 0.730. The third-order valence-corrected chi connectivity index (χ3v) is 12.9. The lowest BCUT2D eigenvalue weighted by atomic mass is 9.99. The molecular weight excluding hydrogens is 942 g/mol. The van der Waals surface area contributed by atoms with Crippen LogP contribution in [-0.2, 0) is 60.4 Å². The zero-order valence-corrected chi connectivity index (χ0v) is 38.0. The molecule has 0 saturated carbocycles. The molecule has 2 aromatic heterocycles. The summed E-state index contributed by atoms with van der Waals surface area (Å²) in [7, 11) is -11.3. The van der Waals surface area contributed by atoms with Crippen molar-refractivity contribution in [3.8, 4) is 0 Å². The average molecular weight is 1000 g/mol. The molecule has 2 amide bonds. The number of aliphatic hydroxyl groups excluding tert-OH is 5. The van der Waals surface area contributed by atoms with Gasteiger partial charge in [-0.2, -0.15) is 4.31 Å². The van der Waals surface area contributed by atoms with Gasteiger partial charge in [0.2, 0.25) is 5.91 Å². The van der Waals surface area contributed by atoms with Gasteiger partial charge >= 0.3 is 21.7 Å². The molecule has 2 aromatic rings. The van der Waals surface area contributed by atoms with Crippen molar-refractivity contribution in [2.45, 2.75) is 99.9 Å². The summed E-state index contributed by atoms with van der Waals surface area (Å²) in [6.07, 6.45) is -7.10. The number of imidazole rings is 1. The van der Waals surface area contributed by atoms with E-state index in [-0.39, 0.29) is 55.8 Å². The number of aromatic nitrogens is 3. The van der Waals surface area contributed by atoms with Gasteiger partial charge in [-0.3, -0.25) is 18.6 Å². The molecule has 12 atom stereocenters. The number of anilines is 1. The number of nitrogens with two attached hydrogens (primary N) is 1. The first-order chi connectivity index (χ1) is 31.9. The van der Waals surface area contributed by atoms with Gasteiger partial charge in [-0.1, -0.05) is 12.2 Å². The number of carbonyl (C=O) groups is 2. The molecule has 2 fully saturated rings. The lowest BCUT2D eigenvalue weighted by Gasteiger charge is -2.40. The summed E-state index contributed by atoms with van der Waals surface area (Å²) in [6, 6.07) is 1.31. The Bertz CT molecular complexity index is 2060. The smallest absolute Gasteiger partial charge is 0.446 e. The van der Waals surface area contributed by atoms with Crippen molar-refractivity contribution in [2.75, 3.05) is 78.3 Å². The predicted molar refractivity (Wildman–Crippen MR) is 227 cm³/mol. The number of amides is 2. The summed E-state index contributed by atoms with van der Waals surface area (Å²) in [6.45, 7) is 0.632. The summed E-state index contributed by atoms with van der Waals surface area (Å²) >= 11 is 0. The Morgan fingerprint density at radius 3 is 2.19 bits per heavy atom. The Morgan fingerprint density at radius 2 is 1.48 bits per heavy atom. The number of ether oxygens (including phenoxy) is 7. The maximum atomic E-state index is 12.8. The molecule has 0 aromatic carbocycles. The minimum absolute atomic E-state index is 0.0319. The summed E-state index contributed by atoms with van der Waals surface area (Å²) in [5, 5.41) is 57.4. The zero-order valence-electron chi connectivity index (χ0n) is 36.2. The van der Waals surface area contributed by atoms with Gasteiger partial charge in [-0.05, 0) is 32.1 Å². The largest absolute Gasteiger partial charge is 0.483 e. The number of alkyl carbamates (subject to hydrolysis) is 1. The summed E-state index contributed by atoms with van der Waals surface area (Å²) < 4.78 is 78.3. The zero-order chi connectivity index (χ0) is 48.6. The monoisotopic (exact) mass is 1000 g/mol. The maximum Gasteiger partial charge on any atom is 0.483 e. The first-order valence-electron chi connectivity index (χ1n) is 21.4. The highest BCUT2D eigenvalue weighted by molar-refractivity contribution is 7.61. The van der Waals surface area contributed by atoms with Crippen molar-refractivity contribution >= 4 is 44.5 Å². The number of nitrogen functional groups attached to an aromatic ring is 1. The third-order valence-electron chi connectivity index (χ3n) is 10.3. The van der Waals surface area contributed by atoms with Crippen LogP contribution in [0, 0.1) is 0 Å². The number of nitrogens with zero attached hydrogens (tertiary/aromatic N) is 2. The SMILES string of the molecule is Nc1cc2c(ncn2[C@@H]2O[C@H](COP(=O)(O)OP(=O)(O)O[C@H]3OC(CNC(=O)CCOCCOCCOCCOCCNC(=O)OC4CC/C=C/CCC4)[C@@H](O)C(O)C3O)C(O)C2O)c(=O)[nH]1. The van der Waals surface area contributed by atoms with Crippen LogP contribution in [-0.4, -0.2) is 190 Å². The Kier molecular flexibility index (Phi) is 21.5. The minimum atomic E-state index is -5.72. The number of allylic oxidation sites excluding steroid dienone is 2. The molecule has 0 spiro atoms. The van der Waals surface area contributed by atoms with E-state index in [4.69, 9.17) is 47.9 Å². The number of H-pyrrole nitrogens is 1. The summed E-state index contributed by atoms with van der Waals surface area (Å²) in [4.78, 5) is 63.3. The van der Waals surface area contributed by atoms with E-state index in [2.05, 4.69) is 37.1 Å². The van der Waals surface area contributed by atoms with Gasteiger partial charge < -0.3 is 94.4 Å². The molecule has 8 unspecified atom stereocenters. The highest BCUT2D eigenvalue weighted by Crippen LogP contribution is 2.61. The second-order valence-corrected chi connectivity index (χ2v) is 18.4. The van der Waals surface area contributed by atoms with Crippen molar-refractivity contribution in [2.24, 2.45) is 0 Å². The van der Waals surface area contributed by atoms with Crippen LogP contribution < -0.4 is 21.9 Å². The fourth-order valence-electron chi connectivity index (χ4n) is 6.90. The number of hydrogen-bond acceptors (Lipinski definition) is 22. The van der Waals surface area contributed by atoms with Crippen LogP contribution in [0.1, 0.15) is 44.8 Å². The molecule has 380 valence electrons. The van der Waals surface area contributed by atoms with E-state index in [1.807, 2.05) is 0 Å². The molecule has 30 heteroatoms. The predicted octanol–water partition coefficient (Wildman–Crippen LogP) is -1.83. The van der Waals surface area contributed by atoms with Crippen LogP contribution in [0.2, 0.25) is 0 Å². The normalized spacial score (nSPS) is 29.1. The molecule has 0 bridgehead atoms. The quantitative estimate of drug-likeness (QED) is 0.0281. The topological polar surface area (TPSA) is 403 Å². The van der Waals surface area contributed by atoms with Crippen LogP contribution in [0.3, 0.4) is 0 Å². The molecule has 67 heavy (non-hydrogen) atoms. The summed E-state index contributed by atoms with van der Waals surface area (Å²) in [5.74, 6) is -0.635. The van der Waals surface area contributed by atoms with E-state index in [0.717, 1.165) is 38.4 Å². The van der Waals surface area contributed by atoms with E-state index in [1.54, 1.807) is 0 Å². The number of rotatable bonds is 26. The molecule has 2 saturated heterocycles. The van der Waals surface area contributed by atoms with E-state index in [1.165, 1.54) is 10.6 Å². The van der Waals surface area contributed by atoms with Crippen LogP contribution in [0.15, 0.2) is 29.3 Å². The Hall–Kier alpha value is -3.48. The first-order valence-corrected chi connectivity index (χ1v) is 24.4. The fourth-order valence-corrected chi connectivity index (χ4v) is 9.06. The van der Waals surface area contributed by atoms with Crippen LogP contribution >= 0.6 is 15.6 Å². The second-order valence-electron chi connectivity index (χ2n) is 15.4. The molecule has 2 aliphatic heterocycles. The molecule has 28 nitrogen and oxygen atoms in total. The number of aliphatic hydroxyl groups is 5. The van der Waals surface area contributed by atoms with Gasteiger partial charge in [0.15, 0.2) is 18.0 Å². The van der Waals surface area contributed by atoms with E-state index >= 15 is 0 Å². The number of phosphoric acid groups is 2. The first kappa shape index (κ1) is 54.5. The van der Waals surface area contributed by atoms with Crippen LogP contribution in [0.4, 0.5) is 10.6 Å². The molecule has 5 rings (SSSR count). The number of aromatic amines is 1. The van der Waals surface area contributed by atoms with Crippen LogP contribution in [0.25, 0.3) is 11.0 Å². The Morgan fingerprint density at radius 1 is 0.821 bits per heavy atom. The number of phosphoric ester groups is 2. The molecule has 4 heterocycles. The second kappa shape index (κ2) is 26.5. The summed E-state index contributed by atoms with van der Waals surface area (Å²) in [5.41, 5.74) is 5.09. The number of hydrogen-bond donors (Lipinski definition) is 11. The van der Waals surface area contributed by atoms with Gasteiger partial charge in [-0.25, -0.2) is 18.9 Å². The molecule has 3 aliphatic rings. The standard InChI is InChI=1S/C37H60N6O22P2/c38-26-18-23-28(34(50)42-26)41-21-43(23)35-32(48)30(46)25(62-35)20-60-66(52,53)65-67(54,55)64-36-33(49)31(47)29(45)24(63-36)19-40-27(44)8-10-56-12-14-58-16-17-59-15-13-57-11-9-39-37(51)61-22-6-4-2-1-3-5-7-22/h1-2,18,21-22,24-25,29-33,35-36,45-49H,3-17,19-20H2,(H,39,51)(H,40,44)(H,52,53)(H,54,55)(H3,38,42,50)/b2-1+/t22?,24?,25-,29-,30?,31?,32?,33?,35-,36-/m1/s1. The van der Waals surface area contributed by atoms with Crippen LogP contribution in [0.5, 0.6) is 0 Å². The third kappa shape index (κ3) is 17.2. The van der Waals surface area contributed by atoms with Gasteiger partial charge in [-0.15, -0.1) is 0 Å². The molecule has 12 N–H and O–H groups in total. The Labute approximate surface area is 382 Å². The lowest BCUT2D eigenvalue weighted by molar-refractivity contribution is -0.273. The highest BCUT2D eigenvalue weighted by Gasteiger charge is 2.50. The van der Waals surface area contributed by atoms with E-state index in [0.29, 0.717) is 33.0 Å². The molecular formula is C37H60N6O22P2. The van der Waals surface area contributed by atoms with Gasteiger partial charge in [0.05, 0.1) is 71.3 Å². The maximum absolute atomic E-state index is 12.8. The van der Waals surface area contributed by atoms with Crippen molar-refractivity contribution in [1.82, 2.24) is 25.2 Å². The van der Waals surface area contributed by atoms with Crippen molar-refractivity contribution < 1.29 is 101 Å². The Balaban J connectivity index is 0.906. The average Bonchev–Trinajstić information content (AvgIpc) is 3.80. The van der Waals surface area contributed by atoms with Crippen molar-refractivity contribution in [3.05, 3.63) is 34.9 Å². The van der Waals surface area contributed by atoms with Gasteiger partial charge in [0.25, 0.3) is 5.56 Å². The molecule has 0 radical (unpaired) electrons. The highest BCUT2D eigenvalue weighted by atomic mass is 31.3. The van der Waals surface area contributed by atoms with Crippen molar-refractivity contribution in [3.63, 3.8) is 0 Å². The van der Waals surface area contributed by atoms with Gasteiger partial charge in [0, 0.05) is 25.6 Å². The molecule has 1 aliphatic carbocycles. The van der Waals surface area contributed by atoms with Crippen molar-refractivity contribution in [1.29, 1.82) is 0 Å². The minimum Gasteiger partial charge on any atom is -0.446 e. The number of nitrogens with one attached hydrogen (secondary N) is 3. The van der Waals surface area contributed by atoms with Gasteiger partial charge in [0.1, 0.15) is 54.6 Å². The van der Waals surface area contributed by atoms with E-state index < -0.39 is 102 Å².